The number of guanidine groups is 1. The van der Waals surface area contributed by atoms with Crippen molar-refractivity contribution in [2.75, 3.05) is 74.5 Å². The van der Waals surface area contributed by atoms with E-state index in [-0.39, 0.29) is 5.56 Å². The fraction of sp³-hybridized carbons (Fsp3) is 0.438. The van der Waals surface area contributed by atoms with Crippen molar-refractivity contribution in [2.24, 2.45) is 16.8 Å². The summed E-state index contributed by atoms with van der Waals surface area (Å²) in [4.78, 5) is 19.4. The van der Waals surface area contributed by atoms with Gasteiger partial charge in [0.2, 0.25) is 5.96 Å². The summed E-state index contributed by atoms with van der Waals surface area (Å²) in [6.45, 7) is 24.9. The summed E-state index contributed by atoms with van der Waals surface area (Å²) in [5.41, 5.74) is 10.6. The minimum absolute atomic E-state index is 0.107. The number of fused-ring (bicyclic) bond motifs is 5. The molecule has 3 aromatic rings. The number of halogens is 2. The van der Waals surface area contributed by atoms with Gasteiger partial charge in [-0.2, -0.15) is 0 Å². The van der Waals surface area contributed by atoms with Gasteiger partial charge in [-0.15, -0.1) is 0 Å². The third kappa shape index (κ3) is 8.90. The van der Waals surface area contributed by atoms with Gasteiger partial charge in [-0.3, -0.25) is 9.88 Å². The van der Waals surface area contributed by atoms with E-state index in [0.29, 0.717) is 41.8 Å². The lowest BCUT2D eigenvalue weighted by Gasteiger charge is -2.45. The van der Waals surface area contributed by atoms with Gasteiger partial charge in [0, 0.05) is 129 Å². The summed E-state index contributed by atoms with van der Waals surface area (Å²) in [5, 5.41) is 18.3. The Morgan fingerprint density at radius 2 is 1.67 bits per heavy atom. The molecule has 8 rings (SSSR count). The molecular formula is C48H60F2N10. The van der Waals surface area contributed by atoms with E-state index in [4.69, 9.17) is 15.4 Å². The summed E-state index contributed by atoms with van der Waals surface area (Å²) in [6.07, 6.45) is 6.75. The number of pyridine rings is 1. The number of allylic oxidation sites excluding steroid dienone is 4. The van der Waals surface area contributed by atoms with Crippen LogP contribution in [0.25, 0.3) is 11.3 Å². The van der Waals surface area contributed by atoms with Crippen molar-refractivity contribution < 1.29 is 8.78 Å². The van der Waals surface area contributed by atoms with Crippen molar-refractivity contribution >= 4 is 40.5 Å². The second-order valence-electron chi connectivity index (χ2n) is 17.5. The lowest BCUT2D eigenvalue weighted by molar-refractivity contribution is 0.107. The third-order valence-corrected chi connectivity index (χ3v) is 12.9. The highest BCUT2D eigenvalue weighted by molar-refractivity contribution is 6.16. The molecule has 0 aliphatic carbocycles. The van der Waals surface area contributed by atoms with Gasteiger partial charge in [-0.05, 0) is 86.9 Å². The van der Waals surface area contributed by atoms with Crippen LogP contribution < -0.4 is 25.8 Å². The maximum Gasteiger partial charge on any atom is 0.208 e. The van der Waals surface area contributed by atoms with Crippen molar-refractivity contribution in [3.05, 3.63) is 119 Å². The first kappa shape index (κ1) is 41.4. The first-order valence-electron chi connectivity index (χ1n) is 21.6. The highest BCUT2D eigenvalue weighted by Gasteiger charge is 2.33. The Labute approximate surface area is 354 Å². The zero-order valence-electron chi connectivity index (χ0n) is 35.5. The molecule has 316 valence electrons. The molecule has 0 amide bonds. The molecular weight excluding hydrogens is 755 g/mol. The minimum atomic E-state index is -0.497. The summed E-state index contributed by atoms with van der Waals surface area (Å²) in [5.74, 6) is 0.307. The van der Waals surface area contributed by atoms with Crippen LogP contribution in [0.1, 0.15) is 79.4 Å². The Hall–Kier alpha value is -5.33. The normalized spacial score (nSPS) is 24.3. The molecule has 60 heavy (non-hydrogen) atoms. The van der Waals surface area contributed by atoms with Gasteiger partial charge in [0.15, 0.2) is 0 Å². The minimum Gasteiger partial charge on any atom is -0.391 e. The molecule has 2 bridgehead atoms. The number of rotatable bonds is 8. The van der Waals surface area contributed by atoms with E-state index in [9.17, 15) is 0 Å². The maximum absolute atomic E-state index is 15.3. The zero-order chi connectivity index (χ0) is 42.1. The molecule has 1 aromatic heterocycles. The Morgan fingerprint density at radius 3 is 2.38 bits per heavy atom. The van der Waals surface area contributed by atoms with Gasteiger partial charge >= 0.3 is 0 Å². The number of nitrogens with zero attached hydrogens (tertiary/aromatic N) is 6. The molecule has 4 N–H and O–H groups in total. The van der Waals surface area contributed by atoms with Gasteiger partial charge in [-0.25, -0.2) is 13.8 Å². The molecule has 3 fully saturated rings. The zero-order valence-corrected chi connectivity index (χ0v) is 35.5. The van der Waals surface area contributed by atoms with Crippen LogP contribution in [0.5, 0.6) is 0 Å². The highest BCUT2D eigenvalue weighted by atomic mass is 19.1. The highest BCUT2D eigenvalue weighted by Crippen LogP contribution is 2.39. The number of hydrogen-bond donors (Lipinski definition) is 4. The van der Waals surface area contributed by atoms with Crippen molar-refractivity contribution in [1.29, 1.82) is 5.41 Å². The number of benzene rings is 2. The molecule has 12 heteroatoms. The average molecular weight is 815 g/mol. The van der Waals surface area contributed by atoms with Crippen molar-refractivity contribution in [3.63, 3.8) is 0 Å². The van der Waals surface area contributed by atoms with Gasteiger partial charge in [0.05, 0.1) is 22.8 Å². The van der Waals surface area contributed by atoms with Crippen LogP contribution in [0, 0.1) is 35.8 Å². The molecule has 5 aliphatic heterocycles. The van der Waals surface area contributed by atoms with Crippen LogP contribution in [0.3, 0.4) is 0 Å². The van der Waals surface area contributed by atoms with Crippen molar-refractivity contribution in [1.82, 2.24) is 25.4 Å². The molecule has 6 heterocycles. The predicted octanol–water partition coefficient (Wildman–Crippen LogP) is 8.47. The standard InChI is InChI=1S/C48H60F2N10/c1-30-9-7-8-10-43(52-6)40(24-51)45-21-37(19-32(3)54-45)33(4)55-48-56-44-14-12-35(20-46(44)60(48)25-30)26-57-15-17-58(18-16-57)27-36-28-59(29-36)38-22-41(49)47(42(50)23-38)39-13-11-31(2)53-34(39)5/h12,14,19-24,30,36,39,51-53H,2,4-5,7-11,13,15-18,25-29H2,1,3,6H3,(H,55,56)/b43-40+,51-24?/t30-,39+/m1/s1. The van der Waals surface area contributed by atoms with Gasteiger partial charge in [0.1, 0.15) is 11.6 Å². The van der Waals surface area contributed by atoms with Gasteiger partial charge < -0.3 is 36.1 Å². The fourth-order valence-electron chi connectivity index (χ4n) is 9.58. The molecule has 0 radical (unpaired) electrons. The molecule has 2 atom stereocenters. The Bertz CT molecular complexity index is 2210. The number of aryl methyl sites for hydroxylation is 1. The Balaban J connectivity index is 0.883. The molecule has 5 aliphatic rings. The van der Waals surface area contributed by atoms with Crippen LogP contribution in [-0.4, -0.2) is 86.4 Å². The van der Waals surface area contributed by atoms with Crippen molar-refractivity contribution in [3.8, 4) is 0 Å². The lowest BCUT2D eigenvalue weighted by Crippen LogP contribution is -2.54. The molecule has 3 saturated heterocycles. The average Bonchev–Trinajstić information content (AvgIpc) is 3.52. The van der Waals surface area contributed by atoms with E-state index in [1.54, 1.807) is 0 Å². The number of hydrogen-bond acceptors (Lipinski definition) is 10. The smallest absolute Gasteiger partial charge is 0.208 e. The van der Waals surface area contributed by atoms with E-state index < -0.39 is 17.6 Å². The quantitative estimate of drug-likeness (QED) is 0.168. The largest absolute Gasteiger partial charge is 0.391 e. The van der Waals surface area contributed by atoms with E-state index in [2.05, 4.69) is 80.4 Å². The molecule has 0 unspecified atom stereocenters. The van der Waals surface area contributed by atoms with Crippen molar-refractivity contribution in [2.45, 2.75) is 64.8 Å². The number of piperidine rings is 1. The fourth-order valence-corrected chi connectivity index (χ4v) is 9.58. The second kappa shape index (κ2) is 17.7. The van der Waals surface area contributed by atoms with Crippen LogP contribution >= 0.6 is 0 Å². The summed E-state index contributed by atoms with van der Waals surface area (Å²) in [7, 11) is 1.93. The topological polar surface area (TPSA) is 98.2 Å². The van der Waals surface area contributed by atoms with E-state index in [1.165, 1.54) is 23.9 Å². The van der Waals surface area contributed by atoms with Gasteiger partial charge in [-0.1, -0.05) is 39.1 Å². The van der Waals surface area contributed by atoms with E-state index in [0.717, 1.165) is 136 Å². The summed E-state index contributed by atoms with van der Waals surface area (Å²) < 4.78 is 30.7. The molecule has 2 aromatic carbocycles. The Morgan fingerprint density at radius 1 is 0.917 bits per heavy atom. The lowest BCUT2D eigenvalue weighted by atomic mass is 9.87. The maximum atomic E-state index is 15.3. The third-order valence-electron chi connectivity index (χ3n) is 12.9. The number of aromatic nitrogens is 1. The Kier molecular flexibility index (Phi) is 12.2. The number of nitrogens with one attached hydrogen (secondary N) is 4. The molecule has 0 spiro atoms. The molecule has 0 saturated carbocycles. The number of aliphatic imine (C=N–C) groups is 1. The first-order chi connectivity index (χ1) is 29.0. The monoisotopic (exact) mass is 814 g/mol. The number of piperazine rings is 1. The van der Waals surface area contributed by atoms with Crippen LogP contribution in [0.4, 0.5) is 25.8 Å². The van der Waals surface area contributed by atoms with Gasteiger partial charge in [0.25, 0.3) is 0 Å². The van der Waals surface area contributed by atoms with E-state index >= 15 is 8.78 Å². The SMILES string of the molecule is C=C1CC[C@H](c2c(F)cc(N3CC(CN4CCN(Cc5ccc6c(c5)N5C[C@H](C)CCCC/C(NC)=C(/C=N)c7cc(cc(C)n7)C(=C)/N=C/5N6)CC4)C3)cc2F)C(=C)N1. The summed E-state index contributed by atoms with van der Waals surface area (Å²) in [6, 6.07) is 13.8. The second-order valence-corrected chi connectivity index (χ2v) is 17.5. The van der Waals surface area contributed by atoms with Crippen LogP contribution in [-0.2, 0) is 6.54 Å². The number of anilines is 3. The predicted molar refractivity (Wildman–Crippen MR) is 242 cm³/mol. The molecule has 10 nitrogen and oxygen atoms in total. The van der Waals surface area contributed by atoms with E-state index in [1.807, 2.05) is 26.1 Å². The van der Waals surface area contributed by atoms with Crippen LogP contribution in [0.15, 0.2) is 84.3 Å². The van der Waals surface area contributed by atoms with Crippen LogP contribution in [0.2, 0.25) is 0 Å². The first-order valence-corrected chi connectivity index (χ1v) is 21.6. The summed E-state index contributed by atoms with van der Waals surface area (Å²) >= 11 is 0.